The Bertz CT molecular complexity index is 1150. The number of halogens is 3. The van der Waals surface area contributed by atoms with Crippen LogP contribution in [0.2, 0.25) is 0 Å². The van der Waals surface area contributed by atoms with Crippen molar-refractivity contribution in [1.29, 1.82) is 0 Å². The van der Waals surface area contributed by atoms with Crippen LogP contribution in [0.4, 0.5) is 18.0 Å². The first-order chi connectivity index (χ1) is 18.1. The number of alkyl halides is 3. The van der Waals surface area contributed by atoms with E-state index in [9.17, 15) is 28.1 Å². The molecule has 12 heteroatoms. The van der Waals surface area contributed by atoms with Gasteiger partial charge in [-0.25, -0.2) is 9.78 Å². The number of pyridine rings is 1. The molecule has 1 aliphatic heterocycles. The molecule has 3 rings (SSSR count). The standard InChI is InChI=1S/C27H35F3N4O5/c1-25(2,3)39-24(35)32-17-26(4,5)18-10-9-15-33(16-18)23-19(34(36)37)11-8-12-20(22(23)27(28,29)30)38-21-13-6-7-14-31-21/h6-7,11-14,18H,8-10,15-17H2,1-5H3,(H,32,35)/t18-/m1/s1. The Morgan fingerprint density at radius 2 is 1.92 bits per heavy atom. The maximum absolute atomic E-state index is 14.7. The van der Waals surface area contributed by atoms with Crippen LogP contribution in [-0.4, -0.2) is 52.3 Å². The van der Waals surface area contributed by atoms with Crippen LogP contribution >= 0.6 is 0 Å². The van der Waals surface area contributed by atoms with Crippen LogP contribution in [0, 0.1) is 21.4 Å². The third-order valence-corrected chi connectivity index (χ3v) is 6.60. The summed E-state index contributed by atoms with van der Waals surface area (Å²) >= 11 is 0. The molecule has 9 nitrogen and oxygen atoms in total. The number of carbonyl (C=O) groups excluding carboxylic acids is 1. The molecular weight excluding hydrogens is 517 g/mol. The number of nitrogens with one attached hydrogen (secondary N) is 1. The topological polar surface area (TPSA) is 107 Å². The van der Waals surface area contributed by atoms with Gasteiger partial charge in [-0.2, -0.15) is 13.2 Å². The number of amides is 1. The van der Waals surface area contributed by atoms with Crippen molar-refractivity contribution in [2.24, 2.45) is 11.3 Å². The summed E-state index contributed by atoms with van der Waals surface area (Å²) in [5, 5.41) is 14.8. The number of rotatable bonds is 7. The van der Waals surface area contributed by atoms with E-state index in [4.69, 9.17) is 9.47 Å². The second-order valence-electron chi connectivity index (χ2n) is 11.3. The fourth-order valence-corrected chi connectivity index (χ4v) is 4.67. The van der Waals surface area contributed by atoms with Gasteiger partial charge in [-0.1, -0.05) is 19.9 Å². The van der Waals surface area contributed by atoms with E-state index in [-0.39, 0.29) is 37.9 Å². The number of nitrogens with zero attached hydrogens (tertiary/aromatic N) is 3. The largest absolute Gasteiger partial charge is 0.444 e. The van der Waals surface area contributed by atoms with E-state index in [2.05, 4.69) is 10.3 Å². The molecule has 2 aliphatic rings. The van der Waals surface area contributed by atoms with E-state index in [0.29, 0.717) is 12.8 Å². The van der Waals surface area contributed by atoms with E-state index in [1.807, 2.05) is 13.8 Å². The van der Waals surface area contributed by atoms with Gasteiger partial charge in [-0.15, -0.1) is 0 Å². The number of carbonyl (C=O) groups is 1. The van der Waals surface area contributed by atoms with Crippen LogP contribution in [0.15, 0.2) is 59.3 Å². The third kappa shape index (κ3) is 7.96. The minimum Gasteiger partial charge on any atom is -0.444 e. The molecule has 0 bridgehead atoms. The number of aromatic nitrogens is 1. The lowest BCUT2D eigenvalue weighted by atomic mass is 9.74. The molecular formula is C27H35F3N4O5. The Labute approximate surface area is 225 Å². The summed E-state index contributed by atoms with van der Waals surface area (Å²) in [5.41, 5.74) is -3.57. The van der Waals surface area contributed by atoms with Crippen LogP contribution in [0.5, 0.6) is 5.88 Å². The predicted octanol–water partition coefficient (Wildman–Crippen LogP) is 5.99. The second kappa shape index (κ2) is 11.7. The number of allylic oxidation sites excluding steroid dienone is 3. The van der Waals surface area contributed by atoms with Gasteiger partial charge in [0.15, 0.2) is 0 Å². The zero-order valence-electron chi connectivity index (χ0n) is 22.8. The molecule has 1 aromatic rings. The Kier molecular flexibility index (Phi) is 8.97. The zero-order valence-corrected chi connectivity index (χ0v) is 22.8. The van der Waals surface area contributed by atoms with Gasteiger partial charge in [0.2, 0.25) is 5.88 Å². The summed E-state index contributed by atoms with van der Waals surface area (Å²) in [6, 6.07) is 4.58. The smallest absolute Gasteiger partial charge is 0.422 e. The quantitative estimate of drug-likeness (QED) is 0.327. The molecule has 214 valence electrons. The first kappa shape index (κ1) is 30.0. The predicted molar refractivity (Wildman–Crippen MR) is 138 cm³/mol. The van der Waals surface area contributed by atoms with Crippen molar-refractivity contribution in [3.8, 4) is 5.88 Å². The molecule has 1 aromatic heterocycles. The van der Waals surface area contributed by atoms with E-state index in [1.54, 1.807) is 32.9 Å². The summed E-state index contributed by atoms with van der Waals surface area (Å²) in [5.74, 6) is -0.763. The van der Waals surface area contributed by atoms with Gasteiger partial charge >= 0.3 is 12.3 Å². The van der Waals surface area contributed by atoms with Gasteiger partial charge in [0.1, 0.15) is 22.6 Å². The summed E-state index contributed by atoms with van der Waals surface area (Å²) in [6.45, 7) is 9.60. The molecule has 0 unspecified atom stereocenters. The average Bonchev–Trinajstić information content (AvgIpc) is 3.02. The average molecular weight is 553 g/mol. The second-order valence-corrected chi connectivity index (χ2v) is 11.3. The van der Waals surface area contributed by atoms with E-state index in [0.717, 1.165) is 0 Å². The normalized spacial score (nSPS) is 19.1. The van der Waals surface area contributed by atoms with Crippen LogP contribution < -0.4 is 10.1 Å². The van der Waals surface area contributed by atoms with E-state index in [1.165, 1.54) is 29.3 Å². The van der Waals surface area contributed by atoms with Crippen molar-refractivity contribution >= 4 is 6.09 Å². The highest BCUT2D eigenvalue weighted by Crippen LogP contribution is 2.43. The van der Waals surface area contributed by atoms with Crippen LogP contribution in [0.1, 0.15) is 53.9 Å². The van der Waals surface area contributed by atoms with Gasteiger partial charge < -0.3 is 19.7 Å². The summed E-state index contributed by atoms with van der Waals surface area (Å²) < 4.78 is 54.8. The van der Waals surface area contributed by atoms with Crippen molar-refractivity contribution in [3.05, 3.63) is 69.4 Å². The highest BCUT2D eigenvalue weighted by Gasteiger charge is 2.47. The number of piperidine rings is 1. The molecule has 0 spiro atoms. The van der Waals surface area contributed by atoms with Crippen molar-refractivity contribution in [2.75, 3.05) is 19.6 Å². The minimum atomic E-state index is -4.95. The first-order valence-corrected chi connectivity index (χ1v) is 12.8. The van der Waals surface area contributed by atoms with Gasteiger partial charge in [-0.3, -0.25) is 10.1 Å². The van der Waals surface area contributed by atoms with Crippen molar-refractivity contribution in [2.45, 2.75) is 65.7 Å². The lowest BCUT2D eigenvalue weighted by molar-refractivity contribution is -0.423. The maximum Gasteiger partial charge on any atom is 0.422 e. The van der Waals surface area contributed by atoms with Gasteiger partial charge in [0.25, 0.3) is 5.70 Å². The molecule has 1 aliphatic carbocycles. The zero-order chi connectivity index (χ0) is 29.0. The summed E-state index contributed by atoms with van der Waals surface area (Å²) in [7, 11) is 0. The van der Waals surface area contributed by atoms with E-state index < -0.39 is 50.9 Å². The van der Waals surface area contributed by atoms with Crippen molar-refractivity contribution in [1.82, 2.24) is 15.2 Å². The van der Waals surface area contributed by atoms with Crippen LogP contribution in [0.25, 0.3) is 0 Å². The molecule has 0 aromatic carbocycles. The highest BCUT2D eigenvalue weighted by molar-refractivity contribution is 5.67. The van der Waals surface area contributed by atoms with Crippen molar-refractivity contribution < 1.29 is 32.4 Å². The lowest BCUT2D eigenvalue weighted by Gasteiger charge is -2.43. The first-order valence-electron chi connectivity index (χ1n) is 12.8. The number of nitro groups is 1. The highest BCUT2D eigenvalue weighted by atomic mass is 19.4. The molecule has 1 fully saturated rings. The molecule has 1 N–H and O–H groups in total. The third-order valence-electron chi connectivity index (χ3n) is 6.60. The molecule has 0 saturated carbocycles. The molecule has 0 radical (unpaired) electrons. The number of likely N-dealkylation sites (tertiary alicyclic amines) is 1. The van der Waals surface area contributed by atoms with E-state index >= 15 is 0 Å². The molecule has 1 amide bonds. The Balaban J connectivity index is 1.96. The number of hydrogen-bond acceptors (Lipinski definition) is 7. The number of alkyl carbamates (subject to hydrolysis) is 1. The van der Waals surface area contributed by atoms with Crippen LogP contribution in [0.3, 0.4) is 0 Å². The Hall–Kier alpha value is -3.57. The molecule has 2 heterocycles. The Morgan fingerprint density at radius 1 is 1.21 bits per heavy atom. The molecule has 39 heavy (non-hydrogen) atoms. The van der Waals surface area contributed by atoms with Crippen LogP contribution in [-0.2, 0) is 4.74 Å². The lowest BCUT2D eigenvalue weighted by Crippen LogP contribution is -2.47. The van der Waals surface area contributed by atoms with Gasteiger partial charge in [0.05, 0.1) is 4.92 Å². The fourth-order valence-electron chi connectivity index (χ4n) is 4.67. The SMILES string of the molecule is CC(C)(C)OC(=O)NCC(C)(C)[C@@H]1CCCN(C2=C(C(F)(F)F)C(Oc3ccccn3)=CCC=C2[N+](=O)[O-])C1. The summed E-state index contributed by atoms with van der Waals surface area (Å²) in [4.78, 5) is 28.9. The summed E-state index contributed by atoms with van der Waals surface area (Å²) in [6.07, 6.45) is -0.722. The molecule has 1 atom stereocenters. The van der Waals surface area contributed by atoms with Gasteiger partial charge in [-0.05, 0) is 69.6 Å². The monoisotopic (exact) mass is 552 g/mol. The Morgan fingerprint density at radius 3 is 2.51 bits per heavy atom. The van der Waals surface area contributed by atoms with Crippen molar-refractivity contribution in [3.63, 3.8) is 0 Å². The fraction of sp³-hybridized carbons (Fsp3) is 0.556. The van der Waals surface area contributed by atoms with Gasteiger partial charge in [0, 0.05) is 31.9 Å². The number of hydrogen-bond donors (Lipinski definition) is 1. The number of ether oxygens (including phenoxy) is 2. The maximum atomic E-state index is 14.7. The minimum absolute atomic E-state index is 0.0553. The molecule has 1 saturated heterocycles.